The molecule has 0 spiro atoms. The van der Waals surface area contributed by atoms with Crippen LogP contribution in [0.15, 0.2) is 42.5 Å². The summed E-state index contributed by atoms with van der Waals surface area (Å²) in [5.74, 6) is -0.108. The van der Waals surface area contributed by atoms with E-state index in [-0.39, 0.29) is 18.4 Å². The van der Waals surface area contributed by atoms with Crippen molar-refractivity contribution in [2.24, 2.45) is 0 Å². The first-order valence-corrected chi connectivity index (χ1v) is 8.34. The van der Waals surface area contributed by atoms with Crippen molar-refractivity contribution in [3.8, 4) is 0 Å². The van der Waals surface area contributed by atoms with Crippen molar-refractivity contribution >= 4 is 17.5 Å². The molecule has 2 aromatic rings. The van der Waals surface area contributed by atoms with E-state index in [0.29, 0.717) is 18.7 Å². The lowest BCUT2D eigenvalue weighted by Gasteiger charge is -2.18. The lowest BCUT2D eigenvalue weighted by Crippen LogP contribution is -2.29. The fourth-order valence-electron chi connectivity index (χ4n) is 3.09. The molecule has 0 aromatic heterocycles. The maximum atomic E-state index is 12.8. The molecule has 0 saturated carbocycles. The van der Waals surface area contributed by atoms with Gasteiger partial charge in [0.05, 0.1) is 0 Å². The highest BCUT2D eigenvalue weighted by Crippen LogP contribution is 2.30. The quantitative estimate of drug-likeness (QED) is 0.911. The van der Waals surface area contributed by atoms with Crippen molar-refractivity contribution in [3.05, 3.63) is 64.7 Å². The summed E-state index contributed by atoms with van der Waals surface area (Å²) in [4.78, 5) is 26.1. The zero-order valence-electron chi connectivity index (χ0n) is 14.5. The lowest BCUT2D eigenvalue weighted by molar-refractivity contribution is -0.124. The predicted molar refractivity (Wildman–Crippen MR) is 96.7 cm³/mol. The second-order valence-electron chi connectivity index (χ2n) is 6.25. The first kappa shape index (κ1) is 17.2. The summed E-state index contributed by atoms with van der Waals surface area (Å²) < 4.78 is 4.80. The number of aryl methyl sites for hydroxylation is 1. The molecule has 0 aliphatic carbocycles. The van der Waals surface area contributed by atoms with Gasteiger partial charge < -0.3 is 15.0 Å². The monoisotopic (exact) mass is 338 g/mol. The average Bonchev–Trinajstić information content (AvgIpc) is 3.03. The van der Waals surface area contributed by atoms with Gasteiger partial charge in [0.25, 0.3) is 5.91 Å². The number of anilines is 1. The summed E-state index contributed by atoms with van der Waals surface area (Å²) in [6.45, 7) is 3.19. The smallest absolute Gasteiger partial charge is 0.258 e. The second-order valence-corrected chi connectivity index (χ2v) is 6.25. The van der Waals surface area contributed by atoms with Gasteiger partial charge in [-0.3, -0.25) is 9.59 Å². The van der Waals surface area contributed by atoms with Crippen LogP contribution in [-0.2, 0) is 22.5 Å². The van der Waals surface area contributed by atoms with Crippen molar-refractivity contribution < 1.29 is 14.3 Å². The highest BCUT2D eigenvalue weighted by molar-refractivity contribution is 6.07. The van der Waals surface area contributed by atoms with Gasteiger partial charge in [-0.05, 0) is 42.7 Å². The standard InChI is InChI=1S/C20H22N2O3/c1-14-4-3-5-17(10-14)20(24)22-9-8-16-11-15(6-7-18(16)22)12-21-19(23)13-25-2/h3-7,10-11H,8-9,12-13H2,1-2H3,(H,21,23). The Labute approximate surface area is 147 Å². The lowest BCUT2D eigenvalue weighted by atomic mass is 10.1. The Morgan fingerprint density at radius 3 is 2.80 bits per heavy atom. The first-order chi connectivity index (χ1) is 12.1. The molecule has 1 N–H and O–H groups in total. The number of carbonyl (C=O) groups is 2. The number of hydrogen-bond donors (Lipinski definition) is 1. The Kier molecular flexibility index (Phi) is 5.14. The third-order valence-corrected chi connectivity index (χ3v) is 4.31. The molecule has 5 nitrogen and oxygen atoms in total. The van der Waals surface area contributed by atoms with E-state index in [1.54, 1.807) is 0 Å². The summed E-state index contributed by atoms with van der Waals surface area (Å²) >= 11 is 0. The van der Waals surface area contributed by atoms with Gasteiger partial charge in [-0.1, -0.05) is 29.8 Å². The van der Waals surface area contributed by atoms with Crippen LogP contribution < -0.4 is 10.2 Å². The van der Waals surface area contributed by atoms with Gasteiger partial charge in [0.1, 0.15) is 6.61 Å². The van der Waals surface area contributed by atoms with Crippen molar-refractivity contribution in [2.75, 3.05) is 25.2 Å². The van der Waals surface area contributed by atoms with E-state index in [1.807, 2.05) is 48.2 Å². The van der Waals surface area contributed by atoms with E-state index in [9.17, 15) is 9.59 Å². The van der Waals surface area contributed by atoms with Gasteiger partial charge in [0, 0.05) is 31.5 Å². The van der Waals surface area contributed by atoms with Gasteiger partial charge in [0.2, 0.25) is 5.91 Å². The Balaban J connectivity index is 1.73. The van der Waals surface area contributed by atoms with E-state index < -0.39 is 0 Å². The predicted octanol–water partition coefficient (Wildman–Crippen LogP) is 2.46. The minimum absolute atomic E-state index is 0.0311. The van der Waals surface area contributed by atoms with Crippen LogP contribution in [0.25, 0.3) is 0 Å². The fourth-order valence-corrected chi connectivity index (χ4v) is 3.09. The minimum atomic E-state index is -0.140. The SMILES string of the molecule is COCC(=O)NCc1ccc2c(c1)CCN2C(=O)c1cccc(C)c1. The largest absolute Gasteiger partial charge is 0.375 e. The number of ether oxygens (including phenoxy) is 1. The summed E-state index contributed by atoms with van der Waals surface area (Å²) in [6.07, 6.45) is 0.826. The van der Waals surface area contributed by atoms with E-state index in [4.69, 9.17) is 4.74 Å². The highest BCUT2D eigenvalue weighted by Gasteiger charge is 2.25. The summed E-state index contributed by atoms with van der Waals surface area (Å²) in [6, 6.07) is 13.6. The molecule has 5 heteroatoms. The molecule has 1 aliphatic rings. The molecule has 0 fully saturated rings. The summed E-state index contributed by atoms with van der Waals surface area (Å²) in [5.41, 5.74) is 4.90. The van der Waals surface area contributed by atoms with Crippen LogP contribution in [0.5, 0.6) is 0 Å². The number of rotatable bonds is 5. The summed E-state index contributed by atoms with van der Waals surface area (Å²) in [7, 11) is 1.49. The molecule has 0 radical (unpaired) electrons. The maximum absolute atomic E-state index is 12.8. The number of fused-ring (bicyclic) bond motifs is 1. The highest BCUT2D eigenvalue weighted by atomic mass is 16.5. The molecule has 1 aliphatic heterocycles. The molecule has 3 rings (SSSR count). The van der Waals surface area contributed by atoms with Crippen LogP contribution in [-0.4, -0.2) is 32.1 Å². The number of benzene rings is 2. The van der Waals surface area contributed by atoms with Crippen LogP contribution >= 0.6 is 0 Å². The number of carbonyl (C=O) groups excluding carboxylic acids is 2. The van der Waals surface area contributed by atoms with Crippen molar-refractivity contribution in [1.82, 2.24) is 5.32 Å². The molecular weight excluding hydrogens is 316 g/mol. The molecular formula is C20H22N2O3. The number of nitrogens with zero attached hydrogens (tertiary/aromatic N) is 1. The van der Waals surface area contributed by atoms with Crippen LogP contribution in [0.3, 0.4) is 0 Å². The van der Waals surface area contributed by atoms with Crippen molar-refractivity contribution in [1.29, 1.82) is 0 Å². The maximum Gasteiger partial charge on any atom is 0.258 e. The third kappa shape index (κ3) is 3.88. The number of methoxy groups -OCH3 is 1. The fraction of sp³-hybridized carbons (Fsp3) is 0.300. The van der Waals surface area contributed by atoms with Gasteiger partial charge in [-0.15, -0.1) is 0 Å². The van der Waals surface area contributed by atoms with Gasteiger partial charge in [0.15, 0.2) is 0 Å². The number of amides is 2. The molecule has 0 atom stereocenters. The van der Waals surface area contributed by atoms with Crippen LogP contribution in [0.4, 0.5) is 5.69 Å². The topological polar surface area (TPSA) is 58.6 Å². The van der Waals surface area contributed by atoms with E-state index in [2.05, 4.69) is 11.4 Å². The third-order valence-electron chi connectivity index (χ3n) is 4.31. The molecule has 0 saturated heterocycles. The van der Waals surface area contributed by atoms with Gasteiger partial charge >= 0.3 is 0 Å². The summed E-state index contributed by atoms with van der Waals surface area (Å²) in [5, 5.41) is 2.81. The molecule has 130 valence electrons. The van der Waals surface area contributed by atoms with E-state index in [0.717, 1.165) is 28.8 Å². The average molecular weight is 338 g/mol. The Morgan fingerprint density at radius 1 is 1.20 bits per heavy atom. The van der Waals surface area contributed by atoms with Gasteiger partial charge in [-0.25, -0.2) is 0 Å². The number of nitrogens with one attached hydrogen (secondary N) is 1. The molecule has 0 bridgehead atoms. The van der Waals surface area contributed by atoms with E-state index in [1.165, 1.54) is 7.11 Å². The minimum Gasteiger partial charge on any atom is -0.375 e. The Morgan fingerprint density at radius 2 is 2.04 bits per heavy atom. The zero-order valence-corrected chi connectivity index (χ0v) is 14.5. The van der Waals surface area contributed by atoms with Crippen LogP contribution in [0, 0.1) is 6.92 Å². The molecule has 0 unspecified atom stereocenters. The first-order valence-electron chi connectivity index (χ1n) is 8.34. The van der Waals surface area contributed by atoms with Crippen LogP contribution in [0.2, 0.25) is 0 Å². The number of hydrogen-bond acceptors (Lipinski definition) is 3. The normalized spacial score (nSPS) is 12.8. The van der Waals surface area contributed by atoms with E-state index >= 15 is 0 Å². The van der Waals surface area contributed by atoms with Crippen LogP contribution in [0.1, 0.15) is 27.0 Å². The zero-order chi connectivity index (χ0) is 17.8. The molecule has 1 heterocycles. The molecule has 25 heavy (non-hydrogen) atoms. The molecule has 2 amide bonds. The van der Waals surface area contributed by atoms with Crippen molar-refractivity contribution in [2.45, 2.75) is 19.9 Å². The second kappa shape index (κ2) is 7.49. The Bertz CT molecular complexity index is 801. The Hall–Kier alpha value is -2.66. The van der Waals surface area contributed by atoms with Crippen molar-refractivity contribution in [3.63, 3.8) is 0 Å². The molecule has 2 aromatic carbocycles. The van der Waals surface area contributed by atoms with Gasteiger partial charge in [-0.2, -0.15) is 0 Å².